The number of aromatic nitrogens is 2. The molecular weight excluding hydrogens is 216 g/mol. The Bertz CT molecular complexity index is 647. The Kier molecular flexibility index (Phi) is 2.26. The van der Waals surface area contributed by atoms with E-state index in [1.165, 1.54) is 0 Å². The van der Waals surface area contributed by atoms with E-state index in [0.29, 0.717) is 11.8 Å². The predicted octanol–water partition coefficient (Wildman–Crippen LogP) is 2.90. The van der Waals surface area contributed by atoms with Gasteiger partial charge in [-0.05, 0) is 6.07 Å². The molecule has 17 heavy (non-hydrogen) atoms. The highest BCUT2D eigenvalue weighted by molar-refractivity contribution is 5.98. The van der Waals surface area contributed by atoms with Gasteiger partial charge in [0, 0.05) is 23.3 Å². The molecule has 0 aliphatic carbocycles. The second-order valence-corrected chi connectivity index (χ2v) is 3.57. The third-order valence-corrected chi connectivity index (χ3v) is 2.59. The van der Waals surface area contributed by atoms with E-state index in [2.05, 4.69) is 9.97 Å². The van der Waals surface area contributed by atoms with Crippen LogP contribution in [0.5, 0.6) is 5.95 Å². The smallest absolute Gasteiger partial charge is 0.292 e. The molecule has 84 valence electrons. The summed E-state index contributed by atoms with van der Waals surface area (Å²) in [7, 11) is 1.58. The van der Waals surface area contributed by atoms with Crippen LogP contribution in [0, 0.1) is 0 Å². The van der Waals surface area contributed by atoms with Gasteiger partial charge >= 0.3 is 0 Å². The zero-order chi connectivity index (χ0) is 11.7. The lowest BCUT2D eigenvalue weighted by Gasteiger charge is -2.02. The molecule has 4 nitrogen and oxygen atoms in total. The summed E-state index contributed by atoms with van der Waals surface area (Å²) < 4.78 is 10.6. The Morgan fingerprint density at radius 2 is 1.94 bits per heavy atom. The Morgan fingerprint density at radius 3 is 2.71 bits per heavy atom. The van der Waals surface area contributed by atoms with Gasteiger partial charge in [0.1, 0.15) is 6.26 Å². The number of rotatable bonds is 2. The first kappa shape index (κ1) is 9.84. The summed E-state index contributed by atoms with van der Waals surface area (Å²) >= 11 is 0. The predicted molar refractivity (Wildman–Crippen MR) is 63.8 cm³/mol. The highest BCUT2D eigenvalue weighted by Crippen LogP contribution is 2.34. The molecular formula is C13H10N2O2. The summed E-state index contributed by atoms with van der Waals surface area (Å²) in [6.07, 6.45) is 5.10. The van der Waals surface area contributed by atoms with Gasteiger partial charge in [0.15, 0.2) is 5.82 Å². The van der Waals surface area contributed by atoms with Crippen LogP contribution < -0.4 is 4.74 Å². The molecule has 3 rings (SSSR count). The quantitative estimate of drug-likeness (QED) is 0.674. The van der Waals surface area contributed by atoms with Crippen LogP contribution in [0.15, 0.2) is 47.3 Å². The highest BCUT2D eigenvalue weighted by Gasteiger charge is 2.13. The molecule has 2 aromatic heterocycles. The first-order valence-corrected chi connectivity index (χ1v) is 5.22. The molecule has 0 unspecified atom stereocenters. The van der Waals surface area contributed by atoms with Crippen LogP contribution in [-0.4, -0.2) is 17.1 Å². The first-order valence-electron chi connectivity index (χ1n) is 5.22. The summed E-state index contributed by atoms with van der Waals surface area (Å²) in [4.78, 5) is 8.49. The zero-order valence-corrected chi connectivity index (χ0v) is 9.25. The molecule has 3 aromatic rings. The second-order valence-electron chi connectivity index (χ2n) is 3.57. The monoisotopic (exact) mass is 226 g/mol. The molecule has 2 heterocycles. The van der Waals surface area contributed by atoms with E-state index in [-0.39, 0.29) is 0 Å². The molecule has 0 aliphatic rings. The van der Waals surface area contributed by atoms with Crippen molar-refractivity contribution >= 4 is 10.8 Å². The molecule has 0 bridgehead atoms. The van der Waals surface area contributed by atoms with Crippen molar-refractivity contribution in [2.45, 2.75) is 0 Å². The maximum Gasteiger partial charge on any atom is 0.292 e. The summed E-state index contributed by atoms with van der Waals surface area (Å²) in [6.45, 7) is 0. The van der Waals surface area contributed by atoms with Gasteiger partial charge in [0.2, 0.25) is 0 Å². The Hall–Kier alpha value is -2.36. The van der Waals surface area contributed by atoms with Crippen LogP contribution in [0.25, 0.3) is 22.2 Å². The van der Waals surface area contributed by atoms with E-state index in [9.17, 15) is 0 Å². The molecule has 0 aliphatic heterocycles. The SMILES string of the molecule is COc1occ2cccc(-c3ncccn3)c12. The molecule has 0 atom stereocenters. The van der Waals surface area contributed by atoms with Gasteiger partial charge in [-0.3, -0.25) is 0 Å². The Balaban J connectivity index is 2.33. The number of fused-ring (bicyclic) bond motifs is 1. The standard InChI is InChI=1S/C13H10N2O2/c1-16-13-11-9(8-17-13)4-2-5-10(11)12-14-6-3-7-15-12/h2-8H,1H3. The van der Waals surface area contributed by atoms with Gasteiger partial charge in [-0.25, -0.2) is 9.97 Å². The van der Waals surface area contributed by atoms with E-state index in [4.69, 9.17) is 9.15 Å². The molecule has 0 radical (unpaired) electrons. The van der Waals surface area contributed by atoms with Crippen molar-refractivity contribution in [1.82, 2.24) is 9.97 Å². The van der Waals surface area contributed by atoms with Gasteiger partial charge in [-0.2, -0.15) is 0 Å². The van der Waals surface area contributed by atoms with Crippen molar-refractivity contribution in [3.05, 3.63) is 42.9 Å². The van der Waals surface area contributed by atoms with Crippen molar-refractivity contribution in [3.8, 4) is 17.3 Å². The third kappa shape index (κ3) is 1.54. The average molecular weight is 226 g/mol. The third-order valence-electron chi connectivity index (χ3n) is 2.59. The molecule has 0 saturated carbocycles. The molecule has 0 fully saturated rings. The van der Waals surface area contributed by atoms with Crippen LogP contribution in [0.1, 0.15) is 0 Å². The maximum atomic E-state index is 5.35. The number of benzene rings is 1. The van der Waals surface area contributed by atoms with Crippen molar-refractivity contribution in [3.63, 3.8) is 0 Å². The first-order chi connectivity index (χ1) is 8.40. The van der Waals surface area contributed by atoms with Gasteiger partial charge in [-0.15, -0.1) is 0 Å². The molecule has 0 spiro atoms. The lowest BCUT2D eigenvalue weighted by atomic mass is 10.1. The lowest BCUT2D eigenvalue weighted by molar-refractivity contribution is 0.310. The van der Waals surface area contributed by atoms with Gasteiger partial charge in [0.05, 0.1) is 12.5 Å². The Labute approximate surface area is 97.9 Å². The van der Waals surface area contributed by atoms with Crippen molar-refractivity contribution in [1.29, 1.82) is 0 Å². The van der Waals surface area contributed by atoms with E-state index in [0.717, 1.165) is 16.3 Å². The second kappa shape index (κ2) is 3.90. The molecule has 0 amide bonds. The van der Waals surface area contributed by atoms with E-state index in [1.54, 1.807) is 31.8 Å². The van der Waals surface area contributed by atoms with Crippen LogP contribution in [0.4, 0.5) is 0 Å². The van der Waals surface area contributed by atoms with E-state index < -0.39 is 0 Å². The summed E-state index contributed by atoms with van der Waals surface area (Å²) in [6, 6.07) is 7.66. The average Bonchev–Trinajstić information content (AvgIpc) is 2.82. The topological polar surface area (TPSA) is 48.2 Å². The number of hydrogen-bond donors (Lipinski definition) is 0. The van der Waals surface area contributed by atoms with Crippen LogP contribution >= 0.6 is 0 Å². The van der Waals surface area contributed by atoms with Crippen molar-refractivity contribution < 1.29 is 9.15 Å². The molecule has 0 saturated heterocycles. The van der Waals surface area contributed by atoms with Crippen LogP contribution in [0.2, 0.25) is 0 Å². The van der Waals surface area contributed by atoms with Crippen LogP contribution in [0.3, 0.4) is 0 Å². The number of furan rings is 1. The number of methoxy groups -OCH3 is 1. The molecule has 0 N–H and O–H groups in total. The lowest BCUT2D eigenvalue weighted by Crippen LogP contribution is -1.88. The zero-order valence-electron chi connectivity index (χ0n) is 9.25. The highest BCUT2D eigenvalue weighted by atomic mass is 16.6. The fourth-order valence-corrected chi connectivity index (χ4v) is 1.85. The van der Waals surface area contributed by atoms with Crippen LogP contribution in [-0.2, 0) is 0 Å². The van der Waals surface area contributed by atoms with Crippen molar-refractivity contribution in [2.75, 3.05) is 7.11 Å². The minimum absolute atomic E-state index is 0.489. The number of hydrogen-bond acceptors (Lipinski definition) is 4. The molecule has 1 aromatic carbocycles. The largest absolute Gasteiger partial charge is 0.468 e. The molecule has 4 heteroatoms. The van der Waals surface area contributed by atoms with Gasteiger partial charge in [-0.1, -0.05) is 18.2 Å². The van der Waals surface area contributed by atoms with Gasteiger partial charge < -0.3 is 9.15 Å². The Morgan fingerprint density at radius 1 is 1.12 bits per heavy atom. The fourth-order valence-electron chi connectivity index (χ4n) is 1.85. The summed E-state index contributed by atoms with van der Waals surface area (Å²) in [5.41, 5.74) is 0.911. The normalized spacial score (nSPS) is 10.6. The van der Waals surface area contributed by atoms with Crippen molar-refractivity contribution in [2.24, 2.45) is 0 Å². The maximum absolute atomic E-state index is 5.35. The van der Waals surface area contributed by atoms with Gasteiger partial charge in [0.25, 0.3) is 5.95 Å². The minimum Gasteiger partial charge on any atom is -0.468 e. The fraction of sp³-hybridized carbons (Fsp3) is 0.0769. The number of nitrogens with zero attached hydrogens (tertiary/aromatic N) is 2. The van der Waals surface area contributed by atoms with E-state index >= 15 is 0 Å². The summed E-state index contributed by atoms with van der Waals surface area (Å²) in [5.74, 6) is 1.15. The number of ether oxygens (including phenoxy) is 1. The summed E-state index contributed by atoms with van der Waals surface area (Å²) in [5, 5.41) is 1.88. The minimum atomic E-state index is 0.489. The van der Waals surface area contributed by atoms with E-state index in [1.807, 2.05) is 18.2 Å².